The van der Waals surface area contributed by atoms with Gasteiger partial charge in [-0.1, -0.05) is 32.8 Å². The van der Waals surface area contributed by atoms with Crippen LogP contribution in [0.2, 0.25) is 0 Å². The van der Waals surface area contributed by atoms with Gasteiger partial charge in [0.05, 0.1) is 0 Å². The molecule has 0 aliphatic rings. The molecule has 1 heterocycles. The van der Waals surface area contributed by atoms with Crippen molar-refractivity contribution >= 4 is 11.6 Å². The van der Waals surface area contributed by atoms with Crippen molar-refractivity contribution in [2.45, 2.75) is 46.1 Å². The minimum atomic E-state index is 0.452. The lowest BCUT2D eigenvalue weighted by molar-refractivity contribution is 0.520. The molecule has 0 spiro atoms. The highest BCUT2D eigenvalue weighted by molar-refractivity contribution is 5.42. The molecule has 3 nitrogen and oxygen atoms in total. The van der Waals surface area contributed by atoms with Crippen LogP contribution < -0.4 is 11.1 Å². The van der Waals surface area contributed by atoms with Crippen LogP contribution in [0.25, 0.3) is 0 Å². The number of aromatic nitrogens is 1. The van der Waals surface area contributed by atoms with E-state index in [2.05, 4.69) is 31.1 Å². The Morgan fingerprint density at radius 2 is 2.00 bits per heavy atom. The fraction of sp³-hybridized carbons (Fsp3) is 0.615. The Morgan fingerprint density at radius 1 is 1.25 bits per heavy atom. The van der Waals surface area contributed by atoms with Crippen molar-refractivity contribution in [2.75, 3.05) is 11.1 Å². The van der Waals surface area contributed by atoms with Crippen LogP contribution in [0.4, 0.5) is 11.6 Å². The quantitative estimate of drug-likeness (QED) is 0.775. The number of nitrogens with zero attached hydrogens (tertiary/aromatic N) is 1. The summed E-state index contributed by atoms with van der Waals surface area (Å²) < 4.78 is 0. The van der Waals surface area contributed by atoms with Crippen LogP contribution in [0.1, 0.15) is 40.0 Å². The maximum absolute atomic E-state index is 5.62. The second-order valence-corrected chi connectivity index (χ2v) is 4.82. The average Bonchev–Trinajstić information content (AvgIpc) is 2.16. The van der Waals surface area contributed by atoms with Gasteiger partial charge in [0.15, 0.2) is 0 Å². The van der Waals surface area contributed by atoms with Crippen molar-refractivity contribution in [1.82, 2.24) is 4.98 Å². The fourth-order valence-electron chi connectivity index (χ4n) is 1.69. The molecule has 3 N–H and O–H groups in total. The normalized spacial score (nSPS) is 12.8. The Bertz CT molecular complexity index is 310. The van der Waals surface area contributed by atoms with Crippen LogP contribution in [-0.2, 0) is 0 Å². The van der Waals surface area contributed by atoms with E-state index < -0.39 is 0 Å². The molecule has 1 rings (SSSR count). The molecule has 0 aliphatic carbocycles. The molecule has 90 valence electrons. The first-order chi connectivity index (χ1) is 7.58. The molecule has 0 fully saturated rings. The largest absolute Gasteiger partial charge is 0.384 e. The number of pyridine rings is 1. The molecule has 0 amide bonds. The van der Waals surface area contributed by atoms with E-state index in [1.807, 2.05) is 12.1 Å². The highest BCUT2D eigenvalue weighted by Crippen LogP contribution is 2.12. The zero-order chi connectivity index (χ0) is 12.0. The third kappa shape index (κ3) is 5.01. The number of rotatable bonds is 6. The molecule has 1 atom stereocenters. The summed E-state index contributed by atoms with van der Waals surface area (Å²) in [5, 5.41) is 3.37. The first kappa shape index (κ1) is 12.8. The molecule has 0 saturated heterocycles. The van der Waals surface area contributed by atoms with Crippen molar-refractivity contribution < 1.29 is 0 Å². The van der Waals surface area contributed by atoms with E-state index in [1.54, 1.807) is 6.07 Å². The van der Waals surface area contributed by atoms with Gasteiger partial charge < -0.3 is 11.1 Å². The zero-order valence-electron chi connectivity index (χ0n) is 10.5. The lowest BCUT2D eigenvalue weighted by Crippen LogP contribution is -2.16. The van der Waals surface area contributed by atoms with E-state index in [0.717, 1.165) is 11.7 Å². The van der Waals surface area contributed by atoms with Gasteiger partial charge in [0.25, 0.3) is 0 Å². The van der Waals surface area contributed by atoms with Crippen LogP contribution in [0.15, 0.2) is 18.2 Å². The van der Waals surface area contributed by atoms with E-state index in [0.29, 0.717) is 11.9 Å². The van der Waals surface area contributed by atoms with Crippen LogP contribution in [0, 0.1) is 5.92 Å². The minimum absolute atomic E-state index is 0.452. The van der Waals surface area contributed by atoms with E-state index in [4.69, 9.17) is 5.73 Å². The van der Waals surface area contributed by atoms with Crippen LogP contribution >= 0.6 is 0 Å². The summed E-state index contributed by atoms with van der Waals surface area (Å²) in [7, 11) is 0. The Labute approximate surface area is 98.5 Å². The van der Waals surface area contributed by atoms with E-state index >= 15 is 0 Å². The molecule has 0 aliphatic heterocycles. The summed E-state index contributed by atoms with van der Waals surface area (Å²) in [4.78, 5) is 4.22. The fourth-order valence-corrected chi connectivity index (χ4v) is 1.69. The predicted octanol–water partition coefficient (Wildman–Crippen LogP) is 3.29. The molecule has 1 aromatic heterocycles. The maximum Gasteiger partial charge on any atom is 0.128 e. The standard InChI is InChI=1S/C13H23N3/c1-10(2)6-4-7-11(3)15-13-9-5-8-12(14)16-13/h5,8-11H,4,6-7H2,1-3H3,(H3,14,15,16). The van der Waals surface area contributed by atoms with Gasteiger partial charge in [-0.2, -0.15) is 0 Å². The topological polar surface area (TPSA) is 50.9 Å². The van der Waals surface area contributed by atoms with E-state index in [-0.39, 0.29) is 0 Å². The molecule has 1 aromatic rings. The van der Waals surface area contributed by atoms with Gasteiger partial charge in [-0.15, -0.1) is 0 Å². The van der Waals surface area contributed by atoms with Gasteiger partial charge in [0.2, 0.25) is 0 Å². The van der Waals surface area contributed by atoms with Crippen molar-refractivity contribution in [3.63, 3.8) is 0 Å². The van der Waals surface area contributed by atoms with Gasteiger partial charge in [0, 0.05) is 6.04 Å². The van der Waals surface area contributed by atoms with Crippen molar-refractivity contribution in [3.8, 4) is 0 Å². The van der Waals surface area contributed by atoms with Gasteiger partial charge >= 0.3 is 0 Å². The summed E-state index contributed by atoms with van der Waals surface area (Å²) in [6.45, 7) is 6.71. The van der Waals surface area contributed by atoms with Crippen molar-refractivity contribution in [2.24, 2.45) is 5.92 Å². The third-order valence-corrected chi connectivity index (χ3v) is 2.58. The number of nitrogen functional groups attached to an aromatic ring is 1. The second-order valence-electron chi connectivity index (χ2n) is 4.82. The molecule has 3 heteroatoms. The van der Waals surface area contributed by atoms with Crippen LogP contribution in [-0.4, -0.2) is 11.0 Å². The number of hydrogen-bond donors (Lipinski definition) is 2. The summed E-state index contributed by atoms with van der Waals surface area (Å²) in [5.41, 5.74) is 5.62. The van der Waals surface area contributed by atoms with Crippen LogP contribution in [0.3, 0.4) is 0 Å². The Morgan fingerprint density at radius 3 is 2.62 bits per heavy atom. The average molecular weight is 221 g/mol. The van der Waals surface area contributed by atoms with Crippen molar-refractivity contribution in [1.29, 1.82) is 0 Å². The van der Waals surface area contributed by atoms with E-state index in [1.165, 1.54) is 19.3 Å². The Kier molecular flexibility index (Phi) is 5.09. The SMILES string of the molecule is CC(C)CCCC(C)Nc1cccc(N)n1. The molecule has 1 unspecified atom stereocenters. The van der Waals surface area contributed by atoms with Gasteiger partial charge in [-0.3, -0.25) is 0 Å². The van der Waals surface area contributed by atoms with Gasteiger partial charge in [0.1, 0.15) is 11.6 Å². The monoisotopic (exact) mass is 221 g/mol. The lowest BCUT2D eigenvalue weighted by Gasteiger charge is -2.15. The first-order valence-corrected chi connectivity index (χ1v) is 6.07. The molecular formula is C13H23N3. The molecule has 0 radical (unpaired) electrons. The number of nitrogens with one attached hydrogen (secondary N) is 1. The number of anilines is 2. The van der Waals surface area contributed by atoms with Crippen molar-refractivity contribution in [3.05, 3.63) is 18.2 Å². The summed E-state index contributed by atoms with van der Waals surface area (Å²) in [5.74, 6) is 2.23. The smallest absolute Gasteiger partial charge is 0.128 e. The molecule has 0 saturated carbocycles. The number of hydrogen-bond acceptors (Lipinski definition) is 3. The highest BCUT2D eigenvalue weighted by atomic mass is 15.0. The Balaban J connectivity index is 2.31. The van der Waals surface area contributed by atoms with Gasteiger partial charge in [-0.25, -0.2) is 4.98 Å². The summed E-state index contributed by atoms with van der Waals surface area (Å²) in [6.07, 6.45) is 3.72. The Hall–Kier alpha value is -1.25. The molecular weight excluding hydrogens is 198 g/mol. The minimum Gasteiger partial charge on any atom is -0.384 e. The van der Waals surface area contributed by atoms with Gasteiger partial charge in [-0.05, 0) is 31.4 Å². The maximum atomic E-state index is 5.62. The van der Waals surface area contributed by atoms with Crippen LogP contribution in [0.5, 0.6) is 0 Å². The van der Waals surface area contributed by atoms with E-state index in [9.17, 15) is 0 Å². The highest BCUT2D eigenvalue weighted by Gasteiger charge is 2.03. The second kappa shape index (κ2) is 6.36. The first-order valence-electron chi connectivity index (χ1n) is 6.07. The molecule has 0 bridgehead atoms. The predicted molar refractivity (Wildman–Crippen MR) is 70.4 cm³/mol. The third-order valence-electron chi connectivity index (χ3n) is 2.58. The summed E-state index contributed by atoms with van der Waals surface area (Å²) >= 11 is 0. The lowest BCUT2D eigenvalue weighted by atomic mass is 10.0. The number of nitrogens with two attached hydrogens (primary N) is 1. The zero-order valence-corrected chi connectivity index (χ0v) is 10.5. The summed E-state index contributed by atoms with van der Waals surface area (Å²) in [6, 6.07) is 6.13. The molecule has 16 heavy (non-hydrogen) atoms. The molecule has 0 aromatic carbocycles.